The molecule has 0 aromatic heterocycles. The van der Waals surface area contributed by atoms with Gasteiger partial charge in [-0.25, -0.2) is 0 Å². The molecular weight excluding hydrogens is 222 g/mol. The van der Waals surface area contributed by atoms with E-state index in [1.165, 1.54) is 32.5 Å². The van der Waals surface area contributed by atoms with Crippen LogP contribution in [-0.2, 0) is 0 Å². The first-order valence-electron chi connectivity index (χ1n) is 7.45. The Morgan fingerprint density at radius 1 is 1.39 bits per heavy atom. The molecule has 0 bridgehead atoms. The molecule has 2 unspecified atom stereocenters. The molecule has 1 heterocycles. The van der Waals surface area contributed by atoms with Crippen LogP contribution in [0, 0.1) is 5.92 Å². The number of likely N-dealkylation sites (tertiary alicyclic amines) is 1. The molecule has 1 aliphatic rings. The molecule has 1 saturated heterocycles. The molecule has 0 aliphatic carbocycles. The quantitative estimate of drug-likeness (QED) is 0.783. The smallest absolute Gasteiger partial charge is 0.0215 e. The molecule has 0 aromatic carbocycles. The standard InChI is InChI=1S/C15H33N3/c1-7-14(10-16-15(2,3)4)18(6)12-13-8-9-17(5)11-13/h13-14,16H,7-12H2,1-6H3. The molecule has 18 heavy (non-hydrogen) atoms. The Kier molecular flexibility index (Phi) is 6.09. The topological polar surface area (TPSA) is 18.5 Å². The van der Waals surface area contributed by atoms with Crippen molar-refractivity contribution in [2.24, 2.45) is 5.92 Å². The molecular formula is C15H33N3. The molecule has 0 amide bonds. The van der Waals surface area contributed by atoms with Crippen molar-refractivity contribution in [3.63, 3.8) is 0 Å². The summed E-state index contributed by atoms with van der Waals surface area (Å²) in [5.74, 6) is 0.865. The number of nitrogens with zero attached hydrogens (tertiary/aromatic N) is 2. The maximum Gasteiger partial charge on any atom is 0.0215 e. The van der Waals surface area contributed by atoms with Crippen molar-refractivity contribution in [1.82, 2.24) is 15.1 Å². The van der Waals surface area contributed by atoms with Crippen LogP contribution >= 0.6 is 0 Å². The van der Waals surface area contributed by atoms with Crippen molar-refractivity contribution in [3.05, 3.63) is 0 Å². The Hall–Kier alpha value is -0.120. The zero-order valence-electron chi connectivity index (χ0n) is 13.3. The summed E-state index contributed by atoms with van der Waals surface area (Å²) < 4.78 is 0. The van der Waals surface area contributed by atoms with Crippen LogP contribution in [0.4, 0.5) is 0 Å². The highest BCUT2D eigenvalue weighted by Crippen LogP contribution is 2.17. The Balaban J connectivity index is 2.34. The van der Waals surface area contributed by atoms with Crippen molar-refractivity contribution in [3.8, 4) is 0 Å². The summed E-state index contributed by atoms with van der Waals surface area (Å²) in [5, 5.41) is 3.64. The van der Waals surface area contributed by atoms with E-state index in [9.17, 15) is 0 Å². The fourth-order valence-electron chi connectivity index (χ4n) is 2.77. The predicted octanol–water partition coefficient (Wildman–Crippen LogP) is 2.04. The lowest BCUT2D eigenvalue weighted by atomic mass is 10.1. The summed E-state index contributed by atoms with van der Waals surface area (Å²) in [5.41, 5.74) is 0.224. The summed E-state index contributed by atoms with van der Waals surface area (Å²) in [6.07, 6.45) is 2.59. The maximum absolute atomic E-state index is 3.64. The lowest BCUT2D eigenvalue weighted by Crippen LogP contribution is -2.47. The highest BCUT2D eigenvalue weighted by Gasteiger charge is 2.23. The Morgan fingerprint density at radius 2 is 2.06 bits per heavy atom. The van der Waals surface area contributed by atoms with Gasteiger partial charge in [-0.05, 0) is 60.2 Å². The lowest BCUT2D eigenvalue weighted by Gasteiger charge is -2.32. The van der Waals surface area contributed by atoms with Crippen LogP contribution < -0.4 is 5.32 Å². The number of hydrogen-bond donors (Lipinski definition) is 1. The van der Waals surface area contributed by atoms with Gasteiger partial charge in [-0.1, -0.05) is 6.92 Å². The van der Waals surface area contributed by atoms with Crippen LogP contribution in [0.2, 0.25) is 0 Å². The molecule has 108 valence electrons. The summed E-state index contributed by atoms with van der Waals surface area (Å²) in [7, 11) is 4.52. The van der Waals surface area contributed by atoms with Crippen molar-refractivity contribution < 1.29 is 0 Å². The largest absolute Gasteiger partial charge is 0.311 e. The molecule has 1 fully saturated rings. The first kappa shape index (κ1) is 15.9. The number of hydrogen-bond acceptors (Lipinski definition) is 3. The molecule has 1 aliphatic heterocycles. The van der Waals surface area contributed by atoms with Gasteiger partial charge in [0, 0.05) is 31.2 Å². The highest BCUT2D eigenvalue weighted by molar-refractivity contribution is 4.81. The Bertz CT molecular complexity index is 234. The first-order chi connectivity index (χ1) is 8.31. The Labute approximate surface area is 114 Å². The molecule has 0 saturated carbocycles. The van der Waals surface area contributed by atoms with Crippen molar-refractivity contribution in [1.29, 1.82) is 0 Å². The predicted molar refractivity (Wildman–Crippen MR) is 80.1 cm³/mol. The van der Waals surface area contributed by atoms with Crippen LogP contribution in [0.15, 0.2) is 0 Å². The summed E-state index contributed by atoms with van der Waals surface area (Å²) in [6.45, 7) is 13.9. The van der Waals surface area contributed by atoms with Gasteiger partial charge < -0.3 is 15.1 Å². The van der Waals surface area contributed by atoms with E-state index in [-0.39, 0.29) is 5.54 Å². The highest BCUT2D eigenvalue weighted by atomic mass is 15.2. The summed E-state index contributed by atoms with van der Waals surface area (Å²) >= 11 is 0. The molecule has 3 heteroatoms. The first-order valence-corrected chi connectivity index (χ1v) is 7.45. The molecule has 3 nitrogen and oxygen atoms in total. The van der Waals surface area contributed by atoms with E-state index in [0.717, 1.165) is 12.5 Å². The average Bonchev–Trinajstić information content (AvgIpc) is 2.63. The van der Waals surface area contributed by atoms with E-state index in [1.54, 1.807) is 0 Å². The maximum atomic E-state index is 3.64. The normalized spacial score (nSPS) is 23.8. The SMILES string of the molecule is CCC(CNC(C)(C)C)N(C)CC1CCN(C)C1. The van der Waals surface area contributed by atoms with Crippen LogP contribution in [-0.4, -0.2) is 61.7 Å². The van der Waals surface area contributed by atoms with Gasteiger partial charge in [0.1, 0.15) is 0 Å². The fraction of sp³-hybridized carbons (Fsp3) is 1.00. The lowest BCUT2D eigenvalue weighted by molar-refractivity contribution is 0.188. The minimum atomic E-state index is 0.224. The van der Waals surface area contributed by atoms with E-state index in [0.29, 0.717) is 6.04 Å². The molecule has 1 rings (SSSR count). The van der Waals surface area contributed by atoms with Gasteiger partial charge in [0.2, 0.25) is 0 Å². The Morgan fingerprint density at radius 3 is 2.50 bits per heavy atom. The average molecular weight is 255 g/mol. The molecule has 0 spiro atoms. The summed E-state index contributed by atoms with van der Waals surface area (Å²) in [6, 6.07) is 0.662. The summed E-state index contributed by atoms with van der Waals surface area (Å²) in [4.78, 5) is 5.01. The van der Waals surface area contributed by atoms with Crippen molar-refractivity contribution in [2.75, 3.05) is 40.3 Å². The van der Waals surface area contributed by atoms with E-state index < -0.39 is 0 Å². The minimum absolute atomic E-state index is 0.224. The third-order valence-corrected chi connectivity index (χ3v) is 4.00. The third kappa shape index (κ3) is 5.68. The molecule has 2 atom stereocenters. The van der Waals surface area contributed by atoms with Crippen LogP contribution in [0.1, 0.15) is 40.5 Å². The molecule has 0 radical (unpaired) electrons. The zero-order valence-corrected chi connectivity index (χ0v) is 13.3. The number of nitrogens with one attached hydrogen (secondary N) is 1. The van der Waals surface area contributed by atoms with Gasteiger partial charge in [0.15, 0.2) is 0 Å². The second kappa shape index (κ2) is 6.88. The van der Waals surface area contributed by atoms with Gasteiger partial charge in [-0.2, -0.15) is 0 Å². The van der Waals surface area contributed by atoms with Gasteiger partial charge in [0.05, 0.1) is 0 Å². The van der Waals surface area contributed by atoms with E-state index >= 15 is 0 Å². The number of rotatable bonds is 6. The number of likely N-dealkylation sites (N-methyl/N-ethyl adjacent to an activating group) is 1. The van der Waals surface area contributed by atoms with E-state index in [2.05, 4.69) is 56.9 Å². The van der Waals surface area contributed by atoms with Crippen LogP contribution in [0.25, 0.3) is 0 Å². The van der Waals surface area contributed by atoms with Crippen LogP contribution in [0.5, 0.6) is 0 Å². The van der Waals surface area contributed by atoms with E-state index in [4.69, 9.17) is 0 Å². The minimum Gasteiger partial charge on any atom is -0.311 e. The third-order valence-electron chi connectivity index (χ3n) is 4.00. The van der Waals surface area contributed by atoms with Crippen LogP contribution in [0.3, 0.4) is 0 Å². The van der Waals surface area contributed by atoms with Crippen molar-refractivity contribution in [2.45, 2.75) is 52.1 Å². The fourth-order valence-corrected chi connectivity index (χ4v) is 2.77. The second-order valence-electron chi connectivity index (χ2n) is 7.05. The van der Waals surface area contributed by atoms with Crippen molar-refractivity contribution >= 4 is 0 Å². The molecule has 0 aromatic rings. The second-order valence-corrected chi connectivity index (χ2v) is 7.05. The van der Waals surface area contributed by atoms with Gasteiger partial charge in [-0.3, -0.25) is 0 Å². The van der Waals surface area contributed by atoms with Gasteiger partial charge >= 0.3 is 0 Å². The van der Waals surface area contributed by atoms with Gasteiger partial charge in [0.25, 0.3) is 0 Å². The van der Waals surface area contributed by atoms with Gasteiger partial charge in [-0.15, -0.1) is 0 Å². The van der Waals surface area contributed by atoms with E-state index in [1.807, 2.05) is 0 Å². The zero-order chi connectivity index (χ0) is 13.8. The monoisotopic (exact) mass is 255 g/mol. The molecule has 1 N–H and O–H groups in total.